The fourth-order valence-corrected chi connectivity index (χ4v) is 4.70. The number of morpholine rings is 1. The lowest BCUT2D eigenvalue weighted by molar-refractivity contribution is -0.117. The highest BCUT2D eigenvalue weighted by molar-refractivity contribution is 5.90. The largest absolute Gasteiger partial charge is 0.490 e. The first-order valence-corrected chi connectivity index (χ1v) is 11.2. The maximum atomic E-state index is 11.7. The number of hydrogen-bond acceptors (Lipinski definition) is 5. The van der Waals surface area contributed by atoms with Crippen molar-refractivity contribution in [3.8, 4) is 16.9 Å². The van der Waals surface area contributed by atoms with Crippen LogP contribution in [0, 0.1) is 5.92 Å². The number of aromatic nitrogens is 2. The Morgan fingerprint density at radius 1 is 1.13 bits per heavy atom. The van der Waals surface area contributed by atoms with Crippen LogP contribution in [0.1, 0.15) is 26.2 Å². The molecule has 0 N–H and O–H groups in total. The van der Waals surface area contributed by atoms with Crippen LogP contribution >= 0.6 is 0 Å². The number of hydrogen-bond donors (Lipinski definition) is 0. The second-order valence-electron chi connectivity index (χ2n) is 8.72. The number of fused-ring (bicyclic) bond motifs is 1. The van der Waals surface area contributed by atoms with Crippen LogP contribution < -0.4 is 9.64 Å². The third-order valence-corrected chi connectivity index (χ3v) is 6.54. The Kier molecular flexibility index (Phi) is 5.40. The van der Waals surface area contributed by atoms with E-state index in [1.807, 2.05) is 17.9 Å². The maximum absolute atomic E-state index is 11.7. The van der Waals surface area contributed by atoms with Gasteiger partial charge >= 0.3 is 0 Å². The Bertz CT molecular complexity index is 1080. The first-order chi connectivity index (χ1) is 15.1. The first-order valence-electron chi connectivity index (χ1n) is 11.2. The molecule has 0 unspecified atom stereocenters. The van der Waals surface area contributed by atoms with Crippen LogP contribution in [0.5, 0.6) is 5.75 Å². The highest BCUT2D eigenvalue weighted by Crippen LogP contribution is 2.35. The average Bonchev–Trinajstić information content (AvgIpc) is 3.39. The minimum Gasteiger partial charge on any atom is -0.490 e. The molecule has 5 rings (SSSR count). The zero-order chi connectivity index (χ0) is 21.4. The molecule has 2 aliphatic rings. The van der Waals surface area contributed by atoms with Crippen LogP contribution in [-0.4, -0.2) is 48.0 Å². The molecule has 1 aliphatic heterocycles. The first kappa shape index (κ1) is 20.1. The zero-order valence-electron chi connectivity index (χ0n) is 18.2. The minimum atomic E-state index is -0.00574. The third-order valence-electron chi connectivity index (χ3n) is 6.54. The average molecular weight is 420 g/mol. The van der Waals surface area contributed by atoms with Gasteiger partial charge in [-0.3, -0.25) is 9.48 Å². The summed E-state index contributed by atoms with van der Waals surface area (Å²) in [4.78, 5) is 14.1. The fourth-order valence-electron chi connectivity index (χ4n) is 4.70. The maximum Gasteiger partial charge on any atom is 0.133 e. The molecule has 0 spiro atoms. The highest BCUT2D eigenvalue weighted by atomic mass is 16.5. The van der Waals surface area contributed by atoms with Crippen molar-refractivity contribution < 1.29 is 14.3 Å². The number of Topliss-reactive ketones (excluding diaryl/α,β-unsaturated/α-hetero) is 1. The molecule has 3 aromatic rings. The smallest absolute Gasteiger partial charge is 0.133 e. The van der Waals surface area contributed by atoms with Gasteiger partial charge in [0.25, 0.3) is 0 Å². The molecule has 2 atom stereocenters. The van der Waals surface area contributed by atoms with Gasteiger partial charge in [-0.1, -0.05) is 12.1 Å². The van der Waals surface area contributed by atoms with Crippen molar-refractivity contribution in [3.05, 3.63) is 42.6 Å². The van der Waals surface area contributed by atoms with Crippen molar-refractivity contribution in [1.29, 1.82) is 0 Å². The Labute approximate surface area is 182 Å². The van der Waals surface area contributed by atoms with Crippen LogP contribution in [0.15, 0.2) is 42.6 Å². The molecule has 0 bridgehead atoms. The van der Waals surface area contributed by atoms with Gasteiger partial charge in [0.2, 0.25) is 0 Å². The molecule has 2 heterocycles. The molecule has 0 amide bonds. The van der Waals surface area contributed by atoms with Crippen molar-refractivity contribution in [2.45, 2.75) is 32.3 Å². The summed E-state index contributed by atoms with van der Waals surface area (Å²) < 4.78 is 13.7. The minimum absolute atomic E-state index is 0.00574. The third kappa shape index (κ3) is 4.17. The van der Waals surface area contributed by atoms with Gasteiger partial charge in [-0.2, -0.15) is 5.10 Å². The highest BCUT2D eigenvalue weighted by Gasteiger charge is 2.28. The molecule has 2 fully saturated rings. The van der Waals surface area contributed by atoms with Crippen LogP contribution in [0.4, 0.5) is 5.69 Å². The molecule has 6 heteroatoms. The van der Waals surface area contributed by atoms with Gasteiger partial charge in [-0.15, -0.1) is 0 Å². The van der Waals surface area contributed by atoms with E-state index >= 15 is 0 Å². The second kappa shape index (κ2) is 8.35. The standard InChI is InChI=1S/C25H29N3O3/c1-17(19-5-8-22(29)13-19)31-25-15-20(14-24-23(25)16-27(2)26-24)18-3-6-21(7-4-18)28-9-11-30-12-10-28/h3-4,6-7,14-17,19H,5,8-13H2,1-2H3/t17-,19+/m1/s1. The number of ketones is 1. The molecule has 1 aromatic heterocycles. The van der Waals surface area contributed by atoms with Crippen LogP contribution in [0.3, 0.4) is 0 Å². The summed E-state index contributed by atoms with van der Waals surface area (Å²) in [6.07, 6.45) is 4.21. The summed E-state index contributed by atoms with van der Waals surface area (Å²) in [6, 6.07) is 12.9. The van der Waals surface area contributed by atoms with E-state index in [-0.39, 0.29) is 12.0 Å². The number of ether oxygens (including phenoxy) is 2. The number of carbonyl (C=O) groups is 1. The number of carbonyl (C=O) groups excluding carboxylic acids is 1. The SMILES string of the molecule is C[C@@H](Oc1cc(-c2ccc(N3CCOCC3)cc2)cc2nn(C)cc12)[C@H]1CCC(=O)C1. The number of nitrogens with zero attached hydrogens (tertiary/aromatic N) is 3. The zero-order valence-corrected chi connectivity index (χ0v) is 18.2. The second-order valence-corrected chi connectivity index (χ2v) is 8.72. The summed E-state index contributed by atoms with van der Waals surface area (Å²) in [7, 11) is 1.93. The molecule has 1 aliphatic carbocycles. The van der Waals surface area contributed by atoms with Gasteiger partial charge < -0.3 is 14.4 Å². The van der Waals surface area contributed by atoms with E-state index in [1.165, 1.54) is 5.69 Å². The van der Waals surface area contributed by atoms with E-state index in [2.05, 4.69) is 53.3 Å². The molecule has 1 saturated heterocycles. The summed E-state index contributed by atoms with van der Waals surface area (Å²) in [5, 5.41) is 5.64. The van der Waals surface area contributed by atoms with Crippen LogP contribution in [-0.2, 0) is 16.6 Å². The Morgan fingerprint density at radius 3 is 2.61 bits per heavy atom. The summed E-state index contributed by atoms with van der Waals surface area (Å²) >= 11 is 0. The van der Waals surface area contributed by atoms with Crippen molar-refractivity contribution in [3.63, 3.8) is 0 Å². The van der Waals surface area contributed by atoms with Crippen LogP contribution in [0.2, 0.25) is 0 Å². The van der Waals surface area contributed by atoms with Crippen molar-refractivity contribution >= 4 is 22.4 Å². The van der Waals surface area contributed by atoms with Gasteiger partial charge in [-0.25, -0.2) is 0 Å². The van der Waals surface area contributed by atoms with E-state index in [0.717, 1.165) is 60.5 Å². The quantitative estimate of drug-likeness (QED) is 0.620. The van der Waals surface area contributed by atoms with Gasteiger partial charge in [0, 0.05) is 50.8 Å². The van der Waals surface area contributed by atoms with E-state index in [1.54, 1.807) is 0 Å². The lowest BCUT2D eigenvalue weighted by atomic mass is 10.0. The van der Waals surface area contributed by atoms with Gasteiger partial charge in [0.1, 0.15) is 11.5 Å². The number of anilines is 1. The predicted molar refractivity (Wildman–Crippen MR) is 122 cm³/mol. The molecule has 2 aromatic carbocycles. The Hall–Kier alpha value is -2.86. The lowest BCUT2D eigenvalue weighted by Crippen LogP contribution is -2.36. The Balaban J connectivity index is 1.44. The van der Waals surface area contributed by atoms with E-state index in [9.17, 15) is 4.79 Å². The van der Waals surface area contributed by atoms with Crippen LogP contribution in [0.25, 0.3) is 22.0 Å². The number of benzene rings is 2. The van der Waals surface area contributed by atoms with E-state index in [0.29, 0.717) is 18.6 Å². The molecule has 1 saturated carbocycles. The molecular weight excluding hydrogens is 390 g/mol. The molecular formula is C25H29N3O3. The topological polar surface area (TPSA) is 56.6 Å². The Morgan fingerprint density at radius 2 is 1.90 bits per heavy atom. The van der Waals surface area contributed by atoms with E-state index < -0.39 is 0 Å². The number of rotatable bonds is 5. The van der Waals surface area contributed by atoms with E-state index in [4.69, 9.17) is 9.47 Å². The van der Waals surface area contributed by atoms with Crippen molar-refractivity contribution in [2.24, 2.45) is 13.0 Å². The van der Waals surface area contributed by atoms with Gasteiger partial charge in [0.15, 0.2) is 0 Å². The fraction of sp³-hybridized carbons (Fsp3) is 0.440. The monoisotopic (exact) mass is 419 g/mol. The van der Waals surface area contributed by atoms with Crippen molar-refractivity contribution in [2.75, 3.05) is 31.2 Å². The summed E-state index contributed by atoms with van der Waals surface area (Å²) in [6.45, 7) is 5.50. The molecule has 162 valence electrons. The molecule has 31 heavy (non-hydrogen) atoms. The summed E-state index contributed by atoms with van der Waals surface area (Å²) in [5.41, 5.74) is 4.37. The predicted octanol–water partition coefficient (Wildman–Crippen LogP) is 4.21. The molecule has 6 nitrogen and oxygen atoms in total. The summed E-state index contributed by atoms with van der Waals surface area (Å²) in [5.74, 6) is 1.47. The van der Waals surface area contributed by atoms with Gasteiger partial charge in [0.05, 0.1) is 30.2 Å². The lowest BCUT2D eigenvalue weighted by Gasteiger charge is -2.29. The number of aryl methyl sites for hydroxylation is 1. The van der Waals surface area contributed by atoms with Crippen molar-refractivity contribution in [1.82, 2.24) is 9.78 Å². The normalized spacial score (nSPS) is 20.4. The molecule has 0 radical (unpaired) electrons. The van der Waals surface area contributed by atoms with Gasteiger partial charge in [-0.05, 0) is 48.7 Å².